The van der Waals surface area contributed by atoms with Gasteiger partial charge in [-0.15, -0.1) is 0 Å². The molecule has 1 aromatic carbocycles. The van der Waals surface area contributed by atoms with Crippen molar-refractivity contribution in [1.82, 2.24) is 15.2 Å². The average Bonchev–Trinajstić information content (AvgIpc) is 3.47. The fraction of sp³-hybridized carbons (Fsp3) is 0.391. The van der Waals surface area contributed by atoms with Crippen LogP contribution in [0.15, 0.2) is 42.1 Å². The molecule has 5 rings (SSSR count). The molecule has 1 amide bonds. The van der Waals surface area contributed by atoms with Crippen molar-refractivity contribution in [1.29, 1.82) is 0 Å². The molecular weight excluding hydrogens is 417 g/mol. The number of pyridine rings is 1. The van der Waals surface area contributed by atoms with Gasteiger partial charge in [-0.25, -0.2) is 9.37 Å². The fourth-order valence-electron chi connectivity index (χ4n) is 4.64. The molecular formula is C23H25ClFN5O. The third-order valence-electron chi connectivity index (χ3n) is 6.39. The Labute approximate surface area is 185 Å². The number of fused-ring (bicyclic) bond motifs is 1. The molecule has 3 N–H and O–H groups in total. The van der Waals surface area contributed by atoms with Gasteiger partial charge in [0.1, 0.15) is 11.6 Å². The number of nitrogens with one attached hydrogen (secondary N) is 3. The number of halogens is 2. The van der Waals surface area contributed by atoms with Gasteiger partial charge in [-0.05, 0) is 49.2 Å². The lowest BCUT2D eigenvalue weighted by atomic mass is 9.96. The highest BCUT2D eigenvalue weighted by Gasteiger charge is 2.31. The molecule has 0 saturated carbocycles. The van der Waals surface area contributed by atoms with Crippen LogP contribution in [0.25, 0.3) is 0 Å². The van der Waals surface area contributed by atoms with Crippen LogP contribution in [-0.4, -0.2) is 48.0 Å². The first-order valence-electron chi connectivity index (χ1n) is 10.7. The van der Waals surface area contributed by atoms with Crippen molar-refractivity contribution in [3.8, 4) is 0 Å². The minimum Gasteiger partial charge on any atom is -0.363 e. The summed E-state index contributed by atoms with van der Waals surface area (Å²) in [5.41, 5.74) is 4.09. The Morgan fingerprint density at radius 3 is 2.97 bits per heavy atom. The van der Waals surface area contributed by atoms with E-state index in [0.29, 0.717) is 6.54 Å². The molecule has 2 atom stereocenters. The van der Waals surface area contributed by atoms with E-state index in [-0.39, 0.29) is 22.9 Å². The molecule has 1 saturated heterocycles. The van der Waals surface area contributed by atoms with E-state index in [1.807, 2.05) is 11.0 Å². The lowest BCUT2D eigenvalue weighted by molar-refractivity contribution is -0.134. The van der Waals surface area contributed by atoms with Gasteiger partial charge in [-0.2, -0.15) is 0 Å². The first-order valence-corrected chi connectivity index (χ1v) is 11.1. The number of hydrogen-bond acceptors (Lipinski definition) is 5. The predicted octanol–water partition coefficient (Wildman–Crippen LogP) is 3.72. The van der Waals surface area contributed by atoms with Gasteiger partial charge < -0.3 is 20.9 Å². The van der Waals surface area contributed by atoms with Crippen LogP contribution in [0.5, 0.6) is 0 Å². The van der Waals surface area contributed by atoms with Gasteiger partial charge in [0.05, 0.1) is 17.0 Å². The van der Waals surface area contributed by atoms with Crippen molar-refractivity contribution in [2.75, 3.05) is 36.8 Å². The number of amides is 1. The largest absolute Gasteiger partial charge is 0.363 e. The summed E-state index contributed by atoms with van der Waals surface area (Å²) in [5.74, 6) is 0.824. The molecule has 0 aliphatic carbocycles. The average molecular weight is 442 g/mol. The van der Waals surface area contributed by atoms with Crippen molar-refractivity contribution >= 4 is 34.7 Å². The quantitative estimate of drug-likeness (QED) is 0.631. The zero-order valence-corrected chi connectivity index (χ0v) is 17.9. The van der Waals surface area contributed by atoms with Crippen molar-refractivity contribution in [2.24, 2.45) is 5.92 Å². The molecule has 31 heavy (non-hydrogen) atoms. The Balaban J connectivity index is 1.27. The summed E-state index contributed by atoms with van der Waals surface area (Å²) in [5, 5.41) is 10.2. The summed E-state index contributed by atoms with van der Waals surface area (Å²) in [6.07, 6.45) is 6.57. The highest BCUT2D eigenvalue weighted by atomic mass is 35.5. The molecule has 0 spiro atoms. The maximum Gasteiger partial charge on any atom is 0.227 e. The highest BCUT2D eigenvalue weighted by Crippen LogP contribution is 2.36. The van der Waals surface area contributed by atoms with Gasteiger partial charge in [-0.3, -0.25) is 4.79 Å². The summed E-state index contributed by atoms with van der Waals surface area (Å²) < 4.78 is 13.5. The normalized spacial score (nSPS) is 22.6. The van der Waals surface area contributed by atoms with Crippen molar-refractivity contribution in [2.45, 2.75) is 25.3 Å². The third kappa shape index (κ3) is 4.12. The van der Waals surface area contributed by atoms with Gasteiger partial charge in [0, 0.05) is 49.2 Å². The SMILES string of the molecule is O=C([C@H]1CCNC1)N1CC=C(C2Cc3c(Nc4ccc(F)c(Cl)c4)ccnc3N2)CC1. The number of benzene rings is 1. The van der Waals surface area contributed by atoms with Crippen molar-refractivity contribution in [3.63, 3.8) is 0 Å². The second-order valence-electron chi connectivity index (χ2n) is 8.34. The number of aromatic nitrogens is 1. The number of nitrogens with zero attached hydrogens (tertiary/aromatic N) is 2. The molecule has 162 valence electrons. The number of hydrogen-bond donors (Lipinski definition) is 3. The van der Waals surface area contributed by atoms with Crippen molar-refractivity contribution in [3.05, 3.63) is 58.5 Å². The second-order valence-corrected chi connectivity index (χ2v) is 8.75. The Hall–Kier alpha value is -2.64. The molecule has 6 nitrogen and oxygen atoms in total. The number of carbonyl (C=O) groups excluding carboxylic acids is 1. The van der Waals surface area contributed by atoms with E-state index in [1.54, 1.807) is 18.3 Å². The number of carbonyl (C=O) groups is 1. The van der Waals surface area contributed by atoms with Gasteiger partial charge in [0.15, 0.2) is 0 Å². The lowest BCUT2D eigenvalue weighted by Crippen LogP contribution is -2.41. The summed E-state index contributed by atoms with van der Waals surface area (Å²) in [4.78, 5) is 19.1. The zero-order chi connectivity index (χ0) is 21.4. The molecule has 0 bridgehead atoms. The van der Waals surface area contributed by atoms with Gasteiger partial charge in [0.25, 0.3) is 0 Å². The topological polar surface area (TPSA) is 69.3 Å². The molecule has 3 aliphatic rings. The predicted molar refractivity (Wildman–Crippen MR) is 120 cm³/mol. The minimum absolute atomic E-state index is 0.0894. The summed E-state index contributed by atoms with van der Waals surface area (Å²) in [6.45, 7) is 3.17. The Morgan fingerprint density at radius 2 is 2.23 bits per heavy atom. The molecule has 0 radical (unpaired) electrons. The van der Waals surface area contributed by atoms with E-state index in [4.69, 9.17) is 11.6 Å². The van der Waals surface area contributed by atoms with Crippen LogP contribution in [0.4, 0.5) is 21.6 Å². The third-order valence-corrected chi connectivity index (χ3v) is 6.68. The molecule has 4 heterocycles. The molecule has 1 fully saturated rings. The van der Waals surface area contributed by atoms with Crippen molar-refractivity contribution < 1.29 is 9.18 Å². The van der Waals surface area contributed by atoms with Crippen LogP contribution < -0.4 is 16.0 Å². The zero-order valence-electron chi connectivity index (χ0n) is 17.1. The van der Waals surface area contributed by atoms with Gasteiger partial charge in [-0.1, -0.05) is 17.7 Å². The monoisotopic (exact) mass is 441 g/mol. The Kier molecular flexibility index (Phi) is 5.54. The standard InChI is InChI=1S/C23H25ClFN5O/c24-18-11-16(1-2-19(18)25)28-20-4-8-27-22-17(20)12-21(29-22)14-5-9-30(10-6-14)23(31)15-3-7-26-13-15/h1-2,4-5,8,11,15,21,26H,3,6-7,9-10,12-13H2,(H2,27,28,29)/t15-,21?/m0/s1. The summed E-state index contributed by atoms with van der Waals surface area (Å²) in [6, 6.07) is 6.70. The van der Waals surface area contributed by atoms with Crippen LogP contribution in [0, 0.1) is 11.7 Å². The summed E-state index contributed by atoms with van der Waals surface area (Å²) in [7, 11) is 0. The van der Waals surface area contributed by atoms with Crippen LogP contribution >= 0.6 is 11.6 Å². The van der Waals surface area contributed by atoms with Gasteiger partial charge >= 0.3 is 0 Å². The molecule has 8 heteroatoms. The smallest absolute Gasteiger partial charge is 0.227 e. The Bertz CT molecular complexity index is 1040. The Morgan fingerprint density at radius 1 is 1.32 bits per heavy atom. The van der Waals surface area contributed by atoms with E-state index < -0.39 is 5.82 Å². The van der Waals surface area contributed by atoms with Gasteiger partial charge in [0.2, 0.25) is 5.91 Å². The highest BCUT2D eigenvalue weighted by molar-refractivity contribution is 6.31. The van der Waals surface area contributed by atoms with E-state index in [2.05, 4.69) is 27.0 Å². The maximum atomic E-state index is 13.5. The molecule has 3 aliphatic heterocycles. The van der Waals surface area contributed by atoms with E-state index in [0.717, 1.165) is 61.7 Å². The summed E-state index contributed by atoms with van der Waals surface area (Å²) >= 11 is 5.92. The first-order chi connectivity index (χ1) is 15.1. The van der Waals surface area contributed by atoms with Crippen LogP contribution in [-0.2, 0) is 11.2 Å². The fourth-order valence-corrected chi connectivity index (χ4v) is 4.82. The van der Waals surface area contributed by atoms with E-state index >= 15 is 0 Å². The lowest BCUT2D eigenvalue weighted by Gasteiger charge is -2.30. The second kappa shape index (κ2) is 8.48. The molecule has 1 unspecified atom stereocenters. The van der Waals surface area contributed by atoms with E-state index in [1.165, 1.54) is 11.6 Å². The minimum atomic E-state index is -0.435. The maximum absolute atomic E-state index is 13.5. The molecule has 2 aromatic rings. The molecule has 1 aromatic heterocycles. The van der Waals surface area contributed by atoms with Crippen LogP contribution in [0.1, 0.15) is 18.4 Å². The number of rotatable bonds is 4. The van der Waals surface area contributed by atoms with E-state index in [9.17, 15) is 9.18 Å². The first kappa shape index (κ1) is 20.3. The van der Waals surface area contributed by atoms with Crippen LogP contribution in [0.2, 0.25) is 5.02 Å². The van der Waals surface area contributed by atoms with Crippen LogP contribution in [0.3, 0.4) is 0 Å². The number of anilines is 3.